The first-order valence-corrected chi connectivity index (χ1v) is 6.65. The molecule has 0 amide bonds. The van der Waals surface area contributed by atoms with Crippen LogP contribution in [0.15, 0.2) is 36.4 Å². The van der Waals surface area contributed by atoms with Gasteiger partial charge in [0.1, 0.15) is 5.75 Å². The molecule has 0 aromatic heterocycles. The molecule has 1 aliphatic heterocycles. The van der Waals surface area contributed by atoms with Crippen LogP contribution in [0.5, 0.6) is 17.2 Å². The van der Waals surface area contributed by atoms with Gasteiger partial charge >= 0.3 is 0 Å². The molecule has 0 bridgehead atoms. The third-order valence-electron chi connectivity index (χ3n) is 3.22. The van der Waals surface area contributed by atoms with Crippen LogP contribution in [0.25, 0.3) is 0 Å². The second-order valence-corrected chi connectivity index (χ2v) is 4.58. The number of rotatable bonds is 4. The Hall–Kier alpha value is -2.69. The predicted octanol–water partition coefficient (Wildman–Crippen LogP) is 2.63. The van der Waals surface area contributed by atoms with Crippen molar-refractivity contribution in [1.82, 2.24) is 0 Å². The fraction of sp³-hybridized carbons (Fsp3) is 0.188. The Morgan fingerprint density at radius 1 is 1.19 bits per heavy atom. The normalized spacial score (nSPS) is 12.2. The molecular formula is C16H15NO4. The lowest BCUT2D eigenvalue weighted by Gasteiger charge is -2.09. The van der Waals surface area contributed by atoms with Crippen LogP contribution >= 0.6 is 0 Å². The molecule has 21 heavy (non-hydrogen) atoms. The van der Waals surface area contributed by atoms with Crippen LogP contribution < -0.4 is 19.9 Å². The van der Waals surface area contributed by atoms with E-state index in [1.165, 1.54) is 0 Å². The van der Waals surface area contributed by atoms with Gasteiger partial charge in [-0.3, -0.25) is 4.79 Å². The molecule has 0 saturated heterocycles. The zero-order valence-electron chi connectivity index (χ0n) is 11.6. The standard InChI is InChI=1S/C16H15NO4/c1-2-19-11-4-5-13(17)12(8-11)16(18)10-3-6-14-15(7-10)21-9-20-14/h3-8H,2,9,17H2,1H3. The lowest BCUT2D eigenvalue weighted by Crippen LogP contribution is -2.06. The predicted molar refractivity (Wildman–Crippen MR) is 78.0 cm³/mol. The Balaban J connectivity index is 1.96. The van der Waals surface area contributed by atoms with E-state index < -0.39 is 0 Å². The highest BCUT2D eigenvalue weighted by molar-refractivity contribution is 6.12. The van der Waals surface area contributed by atoms with Crippen molar-refractivity contribution in [3.05, 3.63) is 47.5 Å². The molecule has 0 unspecified atom stereocenters. The molecule has 0 saturated carbocycles. The van der Waals surface area contributed by atoms with E-state index >= 15 is 0 Å². The number of hydrogen-bond acceptors (Lipinski definition) is 5. The maximum absolute atomic E-state index is 12.6. The topological polar surface area (TPSA) is 70.8 Å². The summed E-state index contributed by atoms with van der Waals surface area (Å²) in [6, 6.07) is 10.2. The van der Waals surface area contributed by atoms with Gasteiger partial charge in [-0.1, -0.05) is 0 Å². The van der Waals surface area contributed by atoms with E-state index in [-0.39, 0.29) is 12.6 Å². The van der Waals surface area contributed by atoms with E-state index in [0.29, 0.717) is 40.7 Å². The van der Waals surface area contributed by atoms with Crippen LogP contribution in [0.4, 0.5) is 5.69 Å². The Labute approximate surface area is 122 Å². The fourth-order valence-electron chi connectivity index (χ4n) is 2.18. The van der Waals surface area contributed by atoms with Gasteiger partial charge in [-0.25, -0.2) is 0 Å². The first-order valence-electron chi connectivity index (χ1n) is 6.65. The van der Waals surface area contributed by atoms with Crippen LogP contribution in [0, 0.1) is 0 Å². The molecule has 0 aliphatic carbocycles. The first-order chi connectivity index (χ1) is 10.2. The number of nitrogens with two attached hydrogens (primary N) is 1. The van der Waals surface area contributed by atoms with Crippen LogP contribution in [-0.2, 0) is 0 Å². The molecule has 3 rings (SSSR count). The van der Waals surface area contributed by atoms with Crippen molar-refractivity contribution in [1.29, 1.82) is 0 Å². The average Bonchev–Trinajstić information content (AvgIpc) is 2.96. The van der Waals surface area contributed by atoms with Crippen molar-refractivity contribution in [2.24, 2.45) is 0 Å². The van der Waals surface area contributed by atoms with Crippen molar-refractivity contribution in [3.8, 4) is 17.2 Å². The van der Waals surface area contributed by atoms with Crippen molar-refractivity contribution >= 4 is 11.5 Å². The van der Waals surface area contributed by atoms with Crippen LogP contribution in [0.2, 0.25) is 0 Å². The molecule has 1 aliphatic rings. The summed E-state index contributed by atoms with van der Waals surface area (Å²) in [4.78, 5) is 12.6. The number of carbonyl (C=O) groups is 1. The highest BCUT2D eigenvalue weighted by Gasteiger charge is 2.19. The Kier molecular flexibility index (Phi) is 3.39. The van der Waals surface area contributed by atoms with Gasteiger partial charge in [0.05, 0.1) is 6.61 Å². The molecule has 0 fully saturated rings. The summed E-state index contributed by atoms with van der Waals surface area (Å²) < 4.78 is 15.9. The Morgan fingerprint density at radius 2 is 2.00 bits per heavy atom. The van der Waals surface area contributed by atoms with Crippen molar-refractivity contribution in [2.45, 2.75) is 6.92 Å². The second kappa shape index (κ2) is 5.36. The van der Waals surface area contributed by atoms with Crippen molar-refractivity contribution in [3.63, 3.8) is 0 Å². The summed E-state index contributed by atoms with van der Waals surface area (Å²) >= 11 is 0. The number of ether oxygens (including phenoxy) is 3. The summed E-state index contributed by atoms with van der Waals surface area (Å²) in [5.74, 6) is 1.66. The quantitative estimate of drug-likeness (QED) is 0.690. The van der Waals surface area contributed by atoms with Gasteiger partial charge in [0.25, 0.3) is 0 Å². The first kappa shape index (κ1) is 13.3. The summed E-state index contributed by atoms with van der Waals surface area (Å²) in [6.07, 6.45) is 0. The monoisotopic (exact) mass is 285 g/mol. The SMILES string of the molecule is CCOc1ccc(N)c(C(=O)c2ccc3c(c2)OCO3)c1. The van der Waals surface area contributed by atoms with E-state index in [9.17, 15) is 4.79 Å². The molecular weight excluding hydrogens is 270 g/mol. The van der Waals surface area contributed by atoms with Gasteiger partial charge in [-0.15, -0.1) is 0 Å². The van der Waals surface area contributed by atoms with Crippen molar-refractivity contribution in [2.75, 3.05) is 19.1 Å². The van der Waals surface area contributed by atoms with Gasteiger partial charge in [-0.2, -0.15) is 0 Å². The minimum absolute atomic E-state index is 0.174. The maximum atomic E-state index is 12.6. The van der Waals surface area contributed by atoms with Gasteiger partial charge in [-0.05, 0) is 43.3 Å². The third kappa shape index (κ3) is 2.50. The number of benzene rings is 2. The molecule has 5 nitrogen and oxygen atoms in total. The highest BCUT2D eigenvalue weighted by atomic mass is 16.7. The molecule has 0 spiro atoms. The minimum Gasteiger partial charge on any atom is -0.494 e. The van der Waals surface area contributed by atoms with Gasteiger partial charge in [0.2, 0.25) is 6.79 Å². The molecule has 1 heterocycles. The maximum Gasteiger partial charge on any atom is 0.231 e. The van der Waals surface area contributed by atoms with Crippen LogP contribution in [-0.4, -0.2) is 19.2 Å². The Morgan fingerprint density at radius 3 is 2.81 bits per heavy atom. The number of fused-ring (bicyclic) bond motifs is 1. The fourth-order valence-corrected chi connectivity index (χ4v) is 2.18. The lowest BCUT2D eigenvalue weighted by atomic mass is 10.0. The molecule has 108 valence electrons. The van der Waals surface area contributed by atoms with Crippen LogP contribution in [0.1, 0.15) is 22.8 Å². The van der Waals surface area contributed by atoms with Gasteiger partial charge < -0.3 is 19.9 Å². The largest absolute Gasteiger partial charge is 0.494 e. The lowest BCUT2D eigenvalue weighted by molar-refractivity contribution is 0.103. The van der Waals surface area contributed by atoms with E-state index in [4.69, 9.17) is 19.9 Å². The second-order valence-electron chi connectivity index (χ2n) is 4.58. The number of ketones is 1. The number of anilines is 1. The summed E-state index contributed by atoms with van der Waals surface area (Å²) in [5.41, 5.74) is 7.24. The van der Waals surface area contributed by atoms with Gasteiger partial charge in [0, 0.05) is 16.8 Å². The number of hydrogen-bond donors (Lipinski definition) is 1. The number of carbonyl (C=O) groups excluding carboxylic acids is 1. The smallest absolute Gasteiger partial charge is 0.231 e. The summed E-state index contributed by atoms with van der Waals surface area (Å²) in [5, 5.41) is 0. The number of nitrogen functional groups attached to an aromatic ring is 1. The van der Waals surface area contributed by atoms with E-state index in [0.717, 1.165) is 0 Å². The molecule has 5 heteroatoms. The Bertz CT molecular complexity index is 697. The van der Waals surface area contributed by atoms with E-state index in [1.807, 2.05) is 6.92 Å². The molecule has 0 radical (unpaired) electrons. The zero-order valence-corrected chi connectivity index (χ0v) is 11.6. The van der Waals surface area contributed by atoms with Crippen LogP contribution in [0.3, 0.4) is 0 Å². The summed E-state index contributed by atoms with van der Waals surface area (Å²) in [6.45, 7) is 2.59. The molecule has 2 N–H and O–H groups in total. The third-order valence-corrected chi connectivity index (χ3v) is 3.22. The zero-order chi connectivity index (χ0) is 14.8. The molecule has 2 aromatic carbocycles. The van der Waals surface area contributed by atoms with E-state index in [1.54, 1.807) is 36.4 Å². The van der Waals surface area contributed by atoms with E-state index in [2.05, 4.69) is 0 Å². The van der Waals surface area contributed by atoms with Crippen molar-refractivity contribution < 1.29 is 19.0 Å². The molecule has 0 atom stereocenters. The minimum atomic E-state index is -0.174. The molecule has 2 aromatic rings. The van der Waals surface area contributed by atoms with Gasteiger partial charge in [0.15, 0.2) is 17.3 Å². The average molecular weight is 285 g/mol. The highest BCUT2D eigenvalue weighted by Crippen LogP contribution is 2.33. The summed E-state index contributed by atoms with van der Waals surface area (Å²) in [7, 11) is 0.